The van der Waals surface area contributed by atoms with Crippen molar-refractivity contribution >= 4 is 74.9 Å². The molecule has 7 rings (SSSR count). The fourth-order valence-corrected chi connectivity index (χ4v) is 6.20. The lowest BCUT2D eigenvalue weighted by Crippen LogP contribution is -1.92. The second-order valence-corrected chi connectivity index (χ2v) is 11.1. The van der Waals surface area contributed by atoms with Crippen molar-refractivity contribution in [2.24, 2.45) is 0 Å². The summed E-state index contributed by atoms with van der Waals surface area (Å²) in [5, 5.41) is 10.0. The predicted molar refractivity (Wildman–Crippen MR) is 174 cm³/mol. The average molecular weight is 618 g/mol. The molecule has 0 fully saturated rings. The third kappa shape index (κ3) is 4.32. The molecule has 0 radical (unpaired) electrons. The summed E-state index contributed by atoms with van der Waals surface area (Å²) < 4.78 is 2.17. The van der Waals surface area contributed by atoms with E-state index in [1.807, 2.05) is 13.8 Å². The van der Waals surface area contributed by atoms with Crippen LogP contribution in [-0.2, 0) is 0 Å². The molecule has 0 saturated carbocycles. The summed E-state index contributed by atoms with van der Waals surface area (Å²) in [5.74, 6) is 0. The van der Waals surface area contributed by atoms with Gasteiger partial charge in [-0.25, -0.2) is 0 Å². The minimum Gasteiger partial charge on any atom is -0.0683 e. The molecule has 38 heavy (non-hydrogen) atoms. The molecule has 0 nitrogen and oxygen atoms in total. The maximum Gasteiger partial charge on any atom is 0.0181 e. The van der Waals surface area contributed by atoms with E-state index in [0.29, 0.717) is 0 Å². The number of hydrogen-bond acceptors (Lipinski definition) is 0. The van der Waals surface area contributed by atoms with Crippen LogP contribution in [-0.4, -0.2) is 0 Å². The molecule has 0 spiro atoms. The molecular formula is C36H26Br2. The number of fused-ring (bicyclic) bond motifs is 5. The standard InChI is InChI=1S/C34H20Br2.C2H6/c35-27-13-15-29-31(19-27)32-20-28(36)14-16-30(32)34(26-12-10-22-6-2-4-8-24(22)18-26)33(29)25-11-9-21-5-1-3-7-23(21)17-25;1-2/h1-20H;1-2H3. The quantitative estimate of drug-likeness (QED) is 0.169. The zero-order valence-electron chi connectivity index (χ0n) is 21.3. The summed E-state index contributed by atoms with van der Waals surface area (Å²) in [5.41, 5.74) is 5.00. The first-order valence-electron chi connectivity index (χ1n) is 13.0. The van der Waals surface area contributed by atoms with Crippen molar-refractivity contribution in [1.29, 1.82) is 0 Å². The van der Waals surface area contributed by atoms with Crippen LogP contribution in [0.25, 0.3) is 65.3 Å². The number of hydrogen-bond donors (Lipinski definition) is 0. The summed E-state index contributed by atoms with van der Waals surface area (Å²) in [7, 11) is 0. The second-order valence-electron chi connectivity index (χ2n) is 9.25. The van der Waals surface area contributed by atoms with Crippen LogP contribution in [0.5, 0.6) is 0 Å². The first-order valence-corrected chi connectivity index (χ1v) is 14.6. The van der Waals surface area contributed by atoms with Gasteiger partial charge in [-0.2, -0.15) is 0 Å². The summed E-state index contributed by atoms with van der Waals surface area (Å²) >= 11 is 7.46. The molecule has 0 bridgehead atoms. The van der Waals surface area contributed by atoms with E-state index >= 15 is 0 Å². The lowest BCUT2D eigenvalue weighted by atomic mass is 9.84. The topological polar surface area (TPSA) is 0 Å². The fourth-order valence-electron chi connectivity index (χ4n) is 5.47. The van der Waals surface area contributed by atoms with Crippen LogP contribution >= 0.6 is 31.9 Å². The maximum atomic E-state index is 3.73. The monoisotopic (exact) mass is 616 g/mol. The molecule has 2 heteroatoms. The zero-order valence-corrected chi connectivity index (χ0v) is 24.5. The third-order valence-corrected chi connectivity index (χ3v) is 8.10. The van der Waals surface area contributed by atoms with Crippen LogP contribution in [0, 0.1) is 0 Å². The molecule has 0 atom stereocenters. The van der Waals surface area contributed by atoms with Gasteiger partial charge >= 0.3 is 0 Å². The number of halogens is 2. The second kappa shape index (κ2) is 10.4. The van der Waals surface area contributed by atoms with Gasteiger partial charge in [0.1, 0.15) is 0 Å². The van der Waals surface area contributed by atoms with Crippen LogP contribution in [0.1, 0.15) is 13.8 Å². The van der Waals surface area contributed by atoms with E-state index in [1.165, 1.54) is 65.3 Å². The Bertz CT molecular complexity index is 1820. The van der Waals surface area contributed by atoms with Crippen LogP contribution in [0.2, 0.25) is 0 Å². The molecule has 0 saturated heterocycles. The molecule has 7 aromatic rings. The third-order valence-electron chi connectivity index (χ3n) is 7.12. The first-order chi connectivity index (χ1) is 18.7. The van der Waals surface area contributed by atoms with Crippen molar-refractivity contribution in [2.45, 2.75) is 13.8 Å². The lowest BCUT2D eigenvalue weighted by Gasteiger charge is -2.20. The highest BCUT2D eigenvalue weighted by atomic mass is 79.9. The normalized spacial score (nSPS) is 11.2. The zero-order chi connectivity index (χ0) is 26.2. The minimum absolute atomic E-state index is 1.08. The van der Waals surface area contributed by atoms with Crippen LogP contribution < -0.4 is 0 Å². The predicted octanol–water partition coefficient (Wildman–Crippen LogP) is 12.2. The van der Waals surface area contributed by atoms with Gasteiger partial charge in [-0.3, -0.25) is 0 Å². The Morgan fingerprint density at radius 2 is 0.763 bits per heavy atom. The van der Waals surface area contributed by atoms with Gasteiger partial charge in [0.15, 0.2) is 0 Å². The summed E-state index contributed by atoms with van der Waals surface area (Å²) in [6.45, 7) is 4.00. The van der Waals surface area contributed by atoms with E-state index in [0.717, 1.165) is 8.95 Å². The smallest absolute Gasteiger partial charge is 0.0181 e. The van der Waals surface area contributed by atoms with Crippen LogP contribution in [0.3, 0.4) is 0 Å². The average Bonchev–Trinajstić information content (AvgIpc) is 2.97. The molecule has 0 aromatic heterocycles. The van der Waals surface area contributed by atoms with E-state index in [9.17, 15) is 0 Å². The van der Waals surface area contributed by atoms with Crippen molar-refractivity contribution in [2.75, 3.05) is 0 Å². The molecule has 0 aliphatic carbocycles. The SMILES string of the molecule is Brc1ccc2c(-c3ccc4ccccc4c3)c(-c3ccc4ccccc4c3)c3ccc(Br)cc3c2c1.CC. The van der Waals surface area contributed by atoms with E-state index in [1.54, 1.807) is 0 Å². The Morgan fingerprint density at radius 1 is 0.368 bits per heavy atom. The number of benzene rings is 7. The Labute approximate surface area is 240 Å². The molecule has 0 aliphatic rings. The van der Waals surface area contributed by atoms with Gasteiger partial charge < -0.3 is 0 Å². The highest BCUT2D eigenvalue weighted by molar-refractivity contribution is 9.10. The molecule has 7 aromatic carbocycles. The van der Waals surface area contributed by atoms with Crippen molar-refractivity contribution in [1.82, 2.24) is 0 Å². The summed E-state index contributed by atoms with van der Waals surface area (Å²) in [4.78, 5) is 0. The van der Waals surface area contributed by atoms with E-state index in [2.05, 4.69) is 153 Å². The molecule has 0 unspecified atom stereocenters. The molecule has 0 N–H and O–H groups in total. The van der Waals surface area contributed by atoms with Crippen LogP contribution in [0.15, 0.2) is 130 Å². The van der Waals surface area contributed by atoms with Gasteiger partial charge in [0.2, 0.25) is 0 Å². The lowest BCUT2D eigenvalue weighted by molar-refractivity contribution is 1.50. The highest BCUT2D eigenvalue weighted by Crippen LogP contribution is 2.46. The van der Waals surface area contributed by atoms with E-state index in [-0.39, 0.29) is 0 Å². The Hall–Kier alpha value is -3.46. The van der Waals surface area contributed by atoms with Gasteiger partial charge in [0.05, 0.1) is 0 Å². The Balaban J connectivity index is 0.00000129. The van der Waals surface area contributed by atoms with Gasteiger partial charge in [-0.15, -0.1) is 0 Å². The van der Waals surface area contributed by atoms with Crippen molar-refractivity contribution < 1.29 is 0 Å². The Morgan fingerprint density at radius 3 is 1.18 bits per heavy atom. The molecule has 184 valence electrons. The van der Waals surface area contributed by atoms with Crippen molar-refractivity contribution in [3.05, 3.63) is 130 Å². The summed E-state index contributed by atoms with van der Waals surface area (Å²) in [6.07, 6.45) is 0. The van der Waals surface area contributed by atoms with E-state index in [4.69, 9.17) is 0 Å². The van der Waals surface area contributed by atoms with Gasteiger partial charge in [-0.1, -0.05) is 131 Å². The maximum absolute atomic E-state index is 3.73. The fraction of sp³-hybridized carbons (Fsp3) is 0.0556. The first kappa shape index (κ1) is 24.9. The molecular weight excluding hydrogens is 592 g/mol. The Kier molecular flexibility index (Phi) is 6.78. The highest BCUT2D eigenvalue weighted by Gasteiger charge is 2.19. The van der Waals surface area contributed by atoms with E-state index < -0.39 is 0 Å². The van der Waals surface area contributed by atoms with Gasteiger partial charge in [0.25, 0.3) is 0 Å². The summed E-state index contributed by atoms with van der Waals surface area (Å²) in [6, 6.07) is 44.2. The largest absolute Gasteiger partial charge is 0.0683 e. The molecule has 0 heterocycles. The minimum atomic E-state index is 1.08. The number of rotatable bonds is 2. The molecule has 0 amide bonds. The van der Waals surface area contributed by atoms with Crippen molar-refractivity contribution in [3.63, 3.8) is 0 Å². The van der Waals surface area contributed by atoms with Crippen LogP contribution in [0.4, 0.5) is 0 Å². The molecule has 0 aliphatic heterocycles. The van der Waals surface area contributed by atoms with Gasteiger partial charge in [-0.05, 0) is 102 Å². The van der Waals surface area contributed by atoms with Crippen molar-refractivity contribution in [3.8, 4) is 22.3 Å². The van der Waals surface area contributed by atoms with Gasteiger partial charge in [0, 0.05) is 8.95 Å².